The van der Waals surface area contributed by atoms with Crippen molar-refractivity contribution in [3.8, 4) is 0 Å². The first-order valence-electron chi connectivity index (χ1n) is 11.1. The first-order valence-corrected chi connectivity index (χ1v) is 12.6. The molecule has 0 unspecified atom stereocenters. The number of rotatable bonds is 10. The summed E-state index contributed by atoms with van der Waals surface area (Å²) in [7, 11) is -4.27. The highest BCUT2D eigenvalue weighted by molar-refractivity contribution is 7.48. The smallest absolute Gasteiger partial charge is 0.352 e. The summed E-state index contributed by atoms with van der Waals surface area (Å²) in [4.78, 5) is 50.4. The molecule has 1 saturated heterocycles. The molecule has 1 aromatic heterocycles. The Hall–Kier alpha value is -1.91. The van der Waals surface area contributed by atoms with Crippen LogP contribution in [0.15, 0.2) is 15.8 Å². The number of hydrogen-bond donors (Lipinski definition) is 1. The van der Waals surface area contributed by atoms with Gasteiger partial charge in [-0.05, 0) is 19.8 Å². The summed E-state index contributed by atoms with van der Waals surface area (Å²) in [5.41, 5.74) is -2.16. The average molecular weight is 503 g/mol. The van der Waals surface area contributed by atoms with E-state index >= 15 is 0 Å². The molecular weight excluding hydrogens is 467 g/mol. The van der Waals surface area contributed by atoms with Gasteiger partial charge in [-0.25, -0.2) is 9.36 Å². The van der Waals surface area contributed by atoms with Crippen LogP contribution in [-0.4, -0.2) is 47.0 Å². The zero-order chi connectivity index (χ0) is 25.9. The second kappa shape index (κ2) is 10.8. The molecule has 0 aliphatic carbocycles. The van der Waals surface area contributed by atoms with Gasteiger partial charge in [0.1, 0.15) is 19.4 Å². The number of Topliss-reactive ketones (excluding diaryl/α,β-unsaturated/α-hetero) is 2. The molecule has 0 radical (unpaired) electrons. The number of aryl methyl sites for hydroxylation is 1. The first-order chi connectivity index (χ1) is 15.5. The zero-order valence-electron chi connectivity index (χ0n) is 20.8. The van der Waals surface area contributed by atoms with Gasteiger partial charge in [0.15, 0.2) is 11.6 Å². The summed E-state index contributed by atoms with van der Waals surface area (Å²) >= 11 is 0. The maximum Gasteiger partial charge on any atom is 0.475 e. The monoisotopic (exact) mass is 502 g/mol. The minimum absolute atomic E-state index is 0.210. The molecule has 0 spiro atoms. The van der Waals surface area contributed by atoms with Crippen LogP contribution in [0.2, 0.25) is 0 Å². The standard InChI is InChI=1S/C22H35N2O9P/c1-14-10-24(20(28)23-19(14)27)18-9-8-15(33-18)11-30-34(29,31-12-16(25)21(2,3)4)32-13-17(26)22(5,6)7/h10,15,18H,8-9,11-13H2,1-7H3,(H,23,27,28)/t15-,18+/m1/s1. The van der Waals surface area contributed by atoms with Gasteiger partial charge in [-0.3, -0.25) is 37.5 Å². The van der Waals surface area contributed by atoms with Crippen LogP contribution in [0.3, 0.4) is 0 Å². The van der Waals surface area contributed by atoms with Gasteiger partial charge >= 0.3 is 13.5 Å². The van der Waals surface area contributed by atoms with Crippen molar-refractivity contribution in [2.75, 3.05) is 19.8 Å². The number of H-pyrrole nitrogens is 1. The largest absolute Gasteiger partial charge is 0.475 e. The first kappa shape index (κ1) is 28.3. The van der Waals surface area contributed by atoms with E-state index in [9.17, 15) is 23.7 Å². The number of nitrogens with zero attached hydrogens (tertiary/aromatic N) is 1. The highest BCUT2D eigenvalue weighted by Gasteiger charge is 2.36. The third-order valence-corrected chi connectivity index (χ3v) is 6.70. The van der Waals surface area contributed by atoms with Crippen molar-refractivity contribution in [2.24, 2.45) is 10.8 Å². The number of aromatic nitrogens is 2. The molecule has 1 aromatic rings. The van der Waals surface area contributed by atoms with Crippen LogP contribution in [0.1, 0.15) is 66.2 Å². The van der Waals surface area contributed by atoms with Crippen LogP contribution in [0.5, 0.6) is 0 Å². The number of ether oxygens (including phenoxy) is 1. The van der Waals surface area contributed by atoms with Crippen LogP contribution < -0.4 is 11.2 Å². The lowest BCUT2D eigenvalue weighted by molar-refractivity contribution is -0.130. The Balaban J connectivity index is 2.06. The minimum atomic E-state index is -4.27. The normalized spacial score (nSPS) is 19.4. The third kappa shape index (κ3) is 7.81. The van der Waals surface area contributed by atoms with Crippen LogP contribution in [0.4, 0.5) is 0 Å². The summed E-state index contributed by atoms with van der Waals surface area (Å²) in [5.74, 6) is -0.626. The molecule has 2 atom stereocenters. The molecule has 1 N–H and O–H groups in total. The van der Waals surface area contributed by atoms with Crippen molar-refractivity contribution < 1.29 is 32.5 Å². The second-order valence-corrected chi connectivity index (χ2v) is 12.1. The fourth-order valence-electron chi connectivity index (χ4n) is 2.81. The van der Waals surface area contributed by atoms with Gasteiger partial charge in [-0.2, -0.15) is 0 Å². The summed E-state index contributed by atoms with van der Waals surface area (Å²) in [6.45, 7) is 10.5. The average Bonchev–Trinajstić information content (AvgIpc) is 3.19. The number of carbonyl (C=O) groups excluding carboxylic acids is 2. The molecule has 0 bridgehead atoms. The number of ketones is 2. The SMILES string of the molecule is Cc1cn([C@@H]2CC[C@H](COP(=O)(OCC(=O)C(C)(C)C)OCC(=O)C(C)(C)C)O2)c(=O)[nH]c1=O. The van der Waals surface area contributed by atoms with E-state index in [1.165, 1.54) is 10.8 Å². The highest BCUT2D eigenvalue weighted by Crippen LogP contribution is 2.50. The summed E-state index contributed by atoms with van der Waals surface area (Å²) in [6.07, 6.45) is 1.15. The maximum absolute atomic E-state index is 13.2. The number of nitrogens with one attached hydrogen (secondary N) is 1. The highest BCUT2D eigenvalue weighted by atomic mass is 31.2. The van der Waals surface area contributed by atoms with Gasteiger partial charge in [0.05, 0.1) is 12.7 Å². The molecule has 1 aliphatic rings. The third-order valence-electron chi connectivity index (χ3n) is 5.34. The van der Waals surface area contributed by atoms with Crippen LogP contribution >= 0.6 is 7.82 Å². The van der Waals surface area contributed by atoms with E-state index in [-0.39, 0.29) is 18.2 Å². The van der Waals surface area contributed by atoms with Gasteiger partial charge in [0.2, 0.25) is 0 Å². The molecule has 192 valence electrons. The molecule has 1 fully saturated rings. The second-order valence-electron chi connectivity index (χ2n) is 10.4. The fourth-order valence-corrected chi connectivity index (χ4v) is 3.93. The van der Waals surface area contributed by atoms with E-state index in [4.69, 9.17) is 18.3 Å². The van der Waals surface area contributed by atoms with Crippen molar-refractivity contribution in [3.05, 3.63) is 32.6 Å². The van der Waals surface area contributed by atoms with Crippen LogP contribution in [0, 0.1) is 17.8 Å². The lowest BCUT2D eigenvalue weighted by Crippen LogP contribution is -2.33. The lowest BCUT2D eigenvalue weighted by atomic mass is 9.91. The van der Waals surface area contributed by atoms with E-state index in [2.05, 4.69) is 4.98 Å². The number of aromatic amines is 1. The van der Waals surface area contributed by atoms with Crippen LogP contribution in [-0.2, 0) is 32.5 Å². The topological polar surface area (TPSA) is 143 Å². The molecule has 1 aliphatic heterocycles. The number of phosphoric ester groups is 1. The Morgan fingerprint density at radius 3 is 2.06 bits per heavy atom. The van der Waals surface area contributed by atoms with Gasteiger partial charge in [0.25, 0.3) is 5.56 Å². The van der Waals surface area contributed by atoms with Gasteiger partial charge in [-0.1, -0.05) is 41.5 Å². The van der Waals surface area contributed by atoms with Crippen molar-refractivity contribution >= 4 is 19.4 Å². The Morgan fingerprint density at radius 2 is 1.56 bits per heavy atom. The van der Waals surface area contributed by atoms with Crippen molar-refractivity contribution in [1.82, 2.24) is 9.55 Å². The molecule has 0 saturated carbocycles. The van der Waals surface area contributed by atoms with Crippen molar-refractivity contribution in [3.63, 3.8) is 0 Å². The van der Waals surface area contributed by atoms with Gasteiger partial charge in [-0.15, -0.1) is 0 Å². The Labute approximate surface area is 198 Å². The molecular formula is C22H35N2O9P. The van der Waals surface area contributed by atoms with Crippen LogP contribution in [0.25, 0.3) is 0 Å². The Kier molecular flexibility index (Phi) is 8.99. The maximum atomic E-state index is 13.2. The van der Waals surface area contributed by atoms with Crippen molar-refractivity contribution in [1.29, 1.82) is 0 Å². The molecule has 0 aromatic carbocycles. The number of carbonyl (C=O) groups is 2. The molecule has 0 amide bonds. The molecule has 12 heteroatoms. The molecule has 34 heavy (non-hydrogen) atoms. The van der Waals surface area contributed by atoms with E-state index in [1.54, 1.807) is 48.5 Å². The summed E-state index contributed by atoms with van der Waals surface area (Å²) in [6, 6.07) is 0. The van der Waals surface area contributed by atoms with Gasteiger partial charge < -0.3 is 4.74 Å². The number of phosphoric acid groups is 1. The van der Waals surface area contributed by atoms with E-state index in [1.807, 2.05) is 0 Å². The van der Waals surface area contributed by atoms with E-state index < -0.39 is 55.4 Å². The van der Waals surface area contributed by atoms with Crippen molar-refractivity contribution in [2.45, 2.75) is 73.6 Å². The summed E-state index contributed by atoms with van der Waals surface area (Å²) in [5, 5.41) is 0. The molecule has 2 rings (SSSR count). The van der Waals surface area contributed by atoms with Gasteiger partial charge in [0, 0.05) is 22.6 Å². The fraction of sp³-hybridized carbons (Fsp3) is 0.727. The summed E-state index contributed by atoms with van der Waals surface area (Å²) < 4.78 is 36.3. The predicted molar refractivity (Wildman–Crippen MR) is 124 cm³/mol. The lowest BCUT2D eigenvalue weighted by Gasteiger charge is -2.23. The number of hydrogen-bond acceptors (Lipinski definition) is 9. The minimum Gasteiger partial charge on any atom is -0.352 e. The predicted octanol–water partition coefficient (Wildman–Crippen LogP) is 2.91. The van der Waals surface area contributed by atoms with E-state index in [0.717, 1.165) is 0 Å². The van der Waals surface area contributed by atoms with E-state index in [0.29, 0.717) is 18.4 Å². The Bertz CT molecular complexity index is 1030. The molecule has 11 nitrogen and oxygen atoms in total. The quantitative estimate of drug-likeness (QED) is 0.478. The zero-order valence-corrected chi connectivity index (χ0v) is 21.7. The Morgan fingerprint density at radius 1 is 1.03 bits per heavy atom. The molecule has 2 heterocycles.